The van der Waals surface area contributed by atoms with Gasteiger partial charge in [-0.3, -0.25) is 9.59 Å². The predicted molar refractivity (Wildman–Crippen MR) is 84.2 cm³/mol. The molecule has 0 aliphatic heterocycles. The molecule has 1 atom stereocenters. The molecule has 2 aromatic carbocycles. The Morgan fingerprint density at radius 2 is 1.73 bits per heavy atom. The highest BCUT2D eigenvalue weighted by Crippen LogP contribution is 2.18. The summed E-state index contributed by atoms with van der Waals surface area (Å²) >= 11 is 5.82. The van der Waals surface area contributed by atoms with E-state index in [1.165, 1.54) is 6.92 Å². The second-order valence-corrected chi connectivity index (χ2v) is 5.18. The van der Waals surface area contributed by atoms with Crippen molar-refractivity contribution in [2.75, 3.05) is 0 Å². The summed E-state index contributed by atoms with van der Waals surface area (Å²) in [7, 11) is 0. The molecule has 0 aliphatic carbocycles. The van der Waals surface area contributed by atoms with Gasteiger partial charge in [-0.1, -0.05) is 54.1 Å². The van der Waals surface area contributed by atoms with Crippen LogP contribution < -0.4 is 5.32 Å². The van der Waals surface area contributed by atoms with Crippen LogP contribution >= 0.6 is 11.6 Å². The predicted octanol–water partition coefficient (Wildman–Crippen LogP) is 3.26. The second kappa shape index (κ2) is 7.61. The van der Waals surface area contributed by atoms with Crippen molar-refractivity contribution in [1.82, 2.24) is 5.32 Å². The molecule has 2 rings (SSSR count). The Morgan fingerprint density at radius 1 is 1.09 bits per heavy atom. The highest BCUT2D eigenvalue weighted by Gasteiger charge is 2.23. The molecule has 0 aromatic heterocycles. The van der Waals surface area contributed by atoms with Crippen LogP contribution in [0.25, 0.3) is 0 Å². The van der Waals surface area contributed by atoms with Gasteiger partial charge in [0, 0.05) is 24.1 Å². The van der Waals surface area contributed by atoms with Crippen LogP contribution in [0.5, 0.6) is 0 Å². The van der Waals surface area contributed by atoms with Crippen molar-refractivity contribution < 1.29 is 14.3 Å². The van der Waals surface area contributed by atoms with E-state index in [9.17, 15) is 9.59 Å². The van der Waals surface area contributed by atoms with E-state index >= 15 is 0 Å². The van der Waals surface area contributed by atoms with Gasteiger partial charge in [0.1, 0.15) is 0 Å². The SMILES string of the molecule is CC(=O)OC(C(=O)NCc1ccc(Cl)cc1)c1ccccc1. The number of ether oxygens (including phenoxy) is 1. The molecule has 1 unspecified atom stereocenters. The molecule has 0 heterocycles. The van der Waals surface area contributed by atoms with Crippen molar-refractivity contribution in [2.24, 2.45) is 0 Å². The summed E-state index contributed by atoms with van der Waals surface area (Å²) in [6.07, 6.45) is -0.953. The van der Waals surface area contributed by atoms with Crippen molar-refractivity contribution in [3.8, 4) is 0 Å². The van der Waals surface area contributed by atoms with Crippen LogP contribution in [-0.2, 0) is 20.9 Å². The summed E-state index contributed by atoms with van der Waals surface area (Å²) in [5, 5.41) is 3.40. The van der Waals surface area contributed by atoms with Gasteiger partial charge in [0.2, 0.25) is 6.10 Å². The van der Waals surface area contributed by atoms with Gasteiger partial charge in [-0.15, -0.1) is 0 Å². The van der Waals surface area contributed by atoms with Gasteiger partial charge in [0.05, 0.1) is 0 Å². The second-order valence-electron chi connectivity index (χ2n) is 4.74. The first kappa shape index (κ1) is 16.0. The maximum absolute atomic E-state index is 12.3. The van der Waals surface area contributed by atoms with Crippen LogP contribution in [0.3, 0.4) is 0 Å². The van der Waals surface area contributed by atoms with Crippen LogP contribution in [0.15, 0.2) is 54.6 Å². The number of amides is 1. The van der Waals surface area contributed by atoms with E-state index in [-0.39, 0.29) is 5.91 Å². The number of nitrogens with one attached hydrogen (secondary N) is 1. The molecule has 22 heavy (non-hydrogen) atoms. The summed E-state index contributed by atoms with van der Waals surface area (Å²) < 4.78 is 5.13. The summed E-state index contributed by atoms with van der Waals surface area (Å²) in [6, 6.07) is 16.1. The summed E-state index contributed by atoms with van der Waals surface area (Å²) in [5.41, 5.74) is 1.54. The van der Waals surface area contributed by atoms with Gasteiger partial charge in [-0.25, -0.2) is 0 Å². The lowest BCUT2D eigenvalue weighted by atomic mass is 10.1. The van der Waals surface area contributed by atoms with E-state index < -0.39 is 12.1 Å². The van der Waals surface area contributed by atoms with Gasteiger partial charge in [-0.05, 0) is 17.7 Å². The van der Waals surface area contributed by atoms with E-state index in [0.717, 1.165) is 5.56 Å². The molecule has 0 spiro atoms. The zero-order chi connectivity index (χ0) is 15.9. The van der Waals surface area contributed by atoms with Crippen molar-refractivity contribution >= 4 is 23.5 Å². The zero-order valence-electron chi connectivity index (χ0n) is 12.1. The van der Waals surface area contributed by atoms with Crippen LogP contribution in [0, 0.1) is 0 Å². The quantitative estimate of drug-likeness (QED) is 0.861. The first-order chi connectivity index (χ1) is 10.6. The third-order valence-corrected chi connectivity index (χ3v) is 3.26. The fraction of sp³-hybridized carbons (Fsp3) is 0.176. The molecular weight excluding hydrogens is 302 g/mol. The first-order valence-electron chi connectivity index (χ1n) is 6.80. The number of hydrogen-bond acceptors (Lipinski definition) is 3. The molecule has 0 radical (unpaired) electrons. The minimum atomic E-state index is -0.953. The third-order valence-electron chi connectivity index (χ3n) is 3.00. The maximum Gasteiger partial charge on any atom is 0.303 e. The molecule has 0 saturated heterocycles. The largest absolute Gasteiger partial charge is 0.447 e. The Labute approximate surface area is 134 Å². The topological polar surface area (TPSA) is 55.4 Å². The minimum absolute atomic E-state index is 0.334. The smallest absolute Gasteiger partial charge is 0.303 e. The molecule has 4 nitrogen and oxygen atoms in total. The standard InChI is InChI=1S/C17H16ClNO3/c1-12(20)22-16(14-5-3-2-4-6-14)17(21)19-11-13-7-9-15(18)10-8-13/h2-10,16H,11H2,1H3,(H,19,21). The Hall–Kier alpha value is -2.33. The number of halogens is 1. The molecule has 5 heteroatoms. The normalized spacial score (nSPS) is 11.5. The lowest BCUT2D eigenvalue weighted by molar-refractivity contribution is -0.154. The number of rotatable bonds is 5. The molecule has 0 aliphatic rings. The average molecular weight is 318 g/mol. The molecular formula is C17H16ClNO3. The van der Waals surface area contributed by atoms with Crippen molar-refractivity contribution in [3.05, 3.63) is 70.7 Å². The van der Waals surface area contributed by atoms with E-state index in [0.29, 0.717) is 17.1 Å². The van der Waals surface area contributed by atoms with E-state index in [1.807, 2.05) is 18.2 Å². The highest BCUT2D eigenvalue weighted by atomic mass is 35.5. The van der Waals surface area contributed by atoms with Gasteiger partial charge in [-0.2, -0.15) is 0 Å². The fourth-order valence-corrected chi connectivity index (χ4v) is 2.08. The minimum Gasteiger partial charge on any atom is -0.447 e. The Kier molecular flexibility index (Phi) is 5.55. The van der Waals surface area contributed by atoms with Gasteiger partial charge >= 0.3 is 5.97 Å². The number of carbonyl (C=O) groups excluding carboxylic acids is 2. The van der Waals surface area contributed by atoms with E-state index in [4.69, 9.17) is 16.3 Å². The fourth-order valence-electron chi connectivity index (χ4n) is 1.95. The first-order valence-corrected chi connectivity index (χ1v) is 7.18. The van der Waals surface area contributed by atoms with E-state index in [2.05, 4.69) is 5.32 Å². The van der Waals surface area contributed by atoms with Gasteiger partial charge < -0.3 is 10.1 Å². The number of esters is 1. The lowest BCUT2D eigenvalue weighted by Gasteiger charge is -2.17. The Bertz CT molecular complexity index is 641. The van der Waals surface area contributed by atoms with Gasteiger partial charge in [0.25, 0.3) is 5.91 Å². The molecule has 0 fully saturated rings. The molecule has 114 valence electrons. The monoisotopic (exact) mass is 317 g/mol. The van der Waals surface area contributed by atoms with Crippen LogP contribution in [0.4, 0.5) is 0 Å². The van der Waals surface area contributed by atoms with Crippen LogP contribution in [-0.4, -0.2) is 11.9 Å². The molecule has 1 N–H and O–H groups in total. The number of benzene rings is 2. The van der Waals surface area contributed by atoms with Crippen molar-refractivity contribution in [2.45, 2.75) is 19.6 Å². The molecule has 1 amide bonds. The highest BCUT2D eigenvalue weighted by molar-refractivity contribution is 6.30. The van der Waals surface area contributed by atoms with E-state index in [1.54, 1.807) is 36.4 Å². The van der Waals surface area contributed by atoms with Gasteiger partial charge in [0.15, 0.2) is 0 Å². The van der Waals surface area contributed by atoms with Crippen LogP contribution in [0.2, 0.25) is 5.02 Å². The molecule has 2 aromatic rings. The van der Waals surface area contributed by atoms with Crippen LogP contribution in [0.1, 0.15) is 24.2 Å². The van der Waals surface area contributed by atoms with Crippen molar-refractivity contribution in [1.29, 1.82) is 0 Å². The summed E-state index contributed by atoms with van der Waals surface area (Å²) in [4.78, 5) is 23.5. The Balaban J connectivity index is 2.05. The Morgan fingerprint density at radius 3 is 2.32 bits per heavy atom. The molecule has 0 bridgehead atoms. The third kappa shape index (κ3) is 4.60. The van der Waals surface area contributed by atoms with Crippen molar-refractivity contribution in [3.63, 3.8) is 0 Å². The molecule has 0 saturated carbocycles. The summed E-state index contributed by atoms with van der Waals surface area (Å²) in [6.45, 7) is 1.61. The summed E-state index contributed by atoms with van der Waals surface area (Å²) in [5.74, 6) is -0.869. The number of carbonyl (C=O) groups is 2. The lowest BCUT2D eigenvalue weighted by Crippen LogP contribution is -2.31. The zero-order valence-corrected chi connectivity index (χ0v) is 12.8. The maximum atomic E-state index is 12.3. The average Bonchev–Trinajstić information content (AvgIpc) is 2.52. The number of hydrogen-bond donors (Lipinski definition) is 1.